The number of ether oxygens (including phenoxy) is 1. The van der Waals surface area contributed by atoms with E-state index in [1.165, 1.54) is 29.6 Å². The Kier molecular flexibility index (Phi) is 4.88. The fraction of sp³-hybridized carbons (Fsp3) is 0.462. The Labute approximate surface area is 128 Å². The number of esters is 1. The van der Waals surface area contributed by atoms with Gasteiger partial charge in [0.2, 0.25) is 10.0 Å². The van der Waals surface area contributed by atoms with Crippen molar-refractivity contribution in [1.29, 1.82) is 0 Å². The van der Waals surface area contributed by atoms with Gasteiger partial charge in [0.05, 0.1) is 17.6 Å². The minimum atomic E-state index is -3.77. The van der Waals surface area contributed by atoms with Crippen LogP contribution in [0.1, 0.15) is 23.2 Å². The second-order valence-electron chi connectivity index (χ2n) is 4.87. The van der Waals surface area contributed by atoms with Gasteiger partial charge in [-0.2, -0.15) is 4.31 Å². The molecule has 1 saturated heterocycles. The molecule has 0 bridgehead atoms. The molecular weight excluding hydrogens is 316 g/mol. The molecule has 8 heteroatoms. The first-order valence-corrected chi connectivity index (χ1v) is 8.31. The van der Waals surface area contributed by atoms with Crippen LogP contribution in [-0.4, -0.2) is 44.9 Å². The zero-order valence-corrected chi connectivity index (χ0v) is 13.2. The maximum atomic E-state index is 12.7. The second kappa shape index (κ2) is 6.31. The summed E-state index contributed by atoms with van der Waals surface area (Å²) >= 11 is 5.84. The average molecular weight is 333 g/mol. The van der Waals surface area contributed by atoms with E-state index in [-0.39, 0.29) is 21.5 Å². The molecule has 0 amide bonds. The molecule has 2 N–H and O–H groups in total. The van der Waals surface area contributed by atoms with Gasteiger partial charge in [0.1, 0.15) is 0 Å². The van der Waals surface area contributed by atoms with Gasteiger partial charge < -0.3 is 10.5 Å². The molecule has 1 fully saturated rings. The molecule has 0 saturated carbocycles. The van der Waals surface area contributed by atoms with Crippen molar-refractivity contribution >= 4 is 27.6 Å². The topological polar surface area (TPSA) is 89.7 Å². The Morgan fingerprint density at radius 1 is 1.38 bits per heavy atom. The number of rotatable bonds is 3. The van der Waals surface area contributed by atoms with Crippen LogP contribution < -0.4 is 5.73 Å². The van der Waals surface area contributed by atoms with E-state index in [9.17, 15) is 13.2 Å². The maximum Gasteiger partial charge on any atom is 0.339 e. The smallest absolute Gasteiger partial charge is 0.339 e. The monoisotopic (exact) mass is 332 g/mol. The Balaban J connectivity index is 2.42. The predicted octanol–water partition coefficient (Wildman–Crippen LogP) is 1.24. The highest BCUT2D eigenvalue weighted by molar-refractivity contribution is 7.89. The summed E-state index contributed by atoms with van der Waals surface area (Å²) in [5, 5.41) is 0.273. The van der Waals surface area contributed by atoms with Gasteiger partial charge in [0, 0.05) is 24.2 Å². The molecular formula is C13H17ClN2O4S. The van der Waals surface area contributed by atoms with Crippen molar-refractivity contribution in [2.24, 2.45) is 5.73 Å². The first kappa shape index (κ1) is 16.2. The number of nitrogens with two attached hydrogens (primary N) is 1. The highest BCUT2D eigenvalue weighted by atomic mass is 35.5. The predicted molar refractivity (Wildman–Crippen MR) is 78.8 cm³/mol. The zero-order valence-electron chi connectivity index (χ0n) is 11.6. The number of methoxy groups -OCH3 is 1. The summed E-state index contributed by atoms with van der Waals surface area (Å²) < 4.78 is 31.3. The molecule has 1 aliphatic rings. The van der Waals surface area contributed by atoms with Crippen molar-refractivity contribution in [3.63, 3.8) is 0 Å². The van der Waals surface area contributed by atoms with Gasteiger partial charge in [0.25, 0.3) is 0 Å². The highest BCUT2D eigenvalue weighted by Crippen LogP contribution is 2.26. The molecule has 1 aromatic carbocycles. The Morgan fingerprint density at radius 3 is 2.57 bits per heavy atom. The number of carbonyl (C=O) groups is 1. The third kappa shape index (κ3) is 3.37. The van der Waals surface area contributed by atoms with Gasteiger partial charge in [-0.1, -0.05) is 11.6 Å². The van der Waals surface area contributed by atoms with Crippen LogP contribution in [0.4, 0.5) is 0 Å². The second-order valence-corrected chi connectivity index (χ2v) is 7.22. The fourth-order valence-corrected chi connectivity index (χ4v) is 4.05. The Bertz CT molecular complexity index is 640. The van der Waals surface area contributed by atoms with Crippen LogP contribution >= 0.6 is 11.6 Å². The quantitative estimate of drug-likeness (QED) is 0.841. The summed E-state index contributed by atoms with van der Waals surface area (Å²) in [6.07, 6.45) is 1.20. The number of nitrogens with zero attached hydrogens (tertiary/aromatic N) is 1. The number of piperidine rings is 1. The van der Waals surface area contributed by atoms with E-state index in [2.05, 4.69) is 4.74 Å². The van der Waals surface area contributed by atoms with Gasteiger partial charge in [0.15, 0.2) is 0 Å². The summed E-state index contributed by atoms with van der Waals surface area (Å²) in [5.41, 5.74) is 5.73. The minimum absolute atomic E-state index is 0.0155. The number of hydrogen-bond donors (Lipinski definition) is 1. The normalized spacial score (nSPS) is 17.7. The van der Waals surface area contributed by atoms with E-state index in [0.717, 1.165) is 0 Å². The fourth-order valence-electron chi connectivity index (χ4n) is 2.25. The van der Waals surface area contributed by atoms with E-state index < -0.39 is 16.0 Å². The first-order chi connectivity index (χ1) is 9.86. The van der Waals surface area contributed by atoms with Crippen LogP contribution in [0.2, 0.25) is 5.02 Å². The molecule has 0 spiro atoms. The third-order valence-electron chi connectivity index (χ3n) is 3.46. The SMILES string of the molecule is COC(=O)c1cc(Cl)ccc1S(=O)(=O)N1CCC(N)CC1. The third-order valence-corrected chi connectivity index (χ3v) is 5.66. The van der Waals surface area contributed by atoms with E-state index >= 15 is 0 Å². The molecule has 0 radical (unpaired) electrons. The Morgan fingerprint density at radius 2 is 2.00 bits per heavy atom. The molecule has 2 rings (SSSR count). The lowest BCUT2D eigenvalue weighted by Gasteiger charge is -2.29. The van der Waals surface area contributed by atoms with Crippen LogP contribution in [0.3, 0.4) is 0 Å². The van der Waals surface area contributed by atoms with E-state index in [1.54, 1.807) is 0 Å². The average Bonchev–Trinajstić information content (AvgIpc) is 2.46. The van der Waals surface area contributed by atoms with Crippen LogP contribution in [0.5, 0.6) is 0 Å². The largest absolute Gasteiger partial charge is 0.465 e. The molecule has 1 aliphatic heterocycles. The van der Waals surface area contributed by atoms with Crippen LogP contribution in [0.15, 0.2) is 23.1 Å². The summed E-state index contributed by atoms with van der Waals surface area (Å²) in [6, 6.07) is 4.09. The van der Waals surface area contributed by atoms with Crippen molar-refractivity contribution in [3.05, 3.63) is 28.8 Å². The molecule has 1 heterocycles. The number of carbonyl (C=O) groups excluding carboxylic acids is 1. The summed E-state index contributed by atoms with van der Waals surface area (Å²) in [5.74, 6) is -0.732. The van der Waals surface area contributed by atoms with E-state index in [1.807, 2.05) is 0 Å². The molecule has 1 aromatic rings. The van der Waals surface area contributed by atoms with Crippen LogP contribution in [0, 0.1) is 0 Å². The minimum Gasteiger partial charge on any atom is -0.465 e. The van der Waals surface area contributed by atoms with Gasteiger partial charge >= 0.3 is 5.97 Å². The lowest BCUT2D eigenvalue weighted by Crippen LogP contribution is -2.43. The summed E-state index contributed by atoms with van der Waals surface area (Å²) in [4.78, 5) is 11.7. The number of sulfonamides is 1. The highest BCUT2D eigenvalue weighted by Gasteiger charge is 2.31. The van der Waals surface area contributed by atoms with Gasteiger partial charge in [-0.3, -0.25) is 0 Å². The maximum absolute atomic E-state index is 12.7. The standard InChI is InChI=1S/C13H17ClN2O4S/c1-20-13(17)11-8-9(14)2-3-12(11)21(18,19)16-6-4-10(15)5-7-16/h2-3,8,10H,4-7,15H2,1H3. The number of benzene rings is 1. The summed E-state index contributed by atoms with van der Waals surface area (Å²) in [6.45, 7) is 0.680. The van der Waals surface area contributed by atoms with Crippen molar-refractivity contribution in [1.82, 2.24) is 4.31 Å². The molecule has 0 atom stereocenters. The zero-order chi connectivity index (χ0) is 15.6. The molecule has 0 unspecified atom stereocenters. The number of halogens is 1. The molecule has 6 nitrogen and oxygen atoms in total. The molecule has 0 aliphatic carbocycles. The van der Waals surface area contributed by atoms with Gasteiger partial charge in [-0.25, -0.2) is 13.2 Å². The van der Waals surface area contributed by atoms with E-state index in [0.29, 0.717) is 25.9 Å². The van der Waals surface area contributed by atoms with Crippen LogP contribution in [-0.2, 0) is 14.8 Å². The van der Waals surface area contributed by atoms with Crippen molar-refractivity contribution in [2.45, 2.75) is 23.8 Å². The lowest BCUT2D eigenvalue weighted by molar-refractivity contribution is 0.0596. The van der Waals surface area contributed by atoms with E-state index in [4.69, 9.17) is 17.3 Å². The van der Waals surface area contributed by atoms with Gasteiger partial charge in [-0.15, -0.1) is 0 Å². The molecule has 21 heavy (non-hydrogen) atoms. The Hall–Kier alpha value is -1.15. The molecule has 116 valence electrons. The first-order valence-electron chi connectivity index (χ1n) is 6.50. The lowest BCUT2D eigenvalue weighted by atomic mass is 10.1. The van der Waals surface area contributed by atoms with Gasteiger partial charge in [-0.05, 0) is 31.0 Å². The van der Waals surface area contributed by atoms with Crippen LogP contribution in [0.25, 0.3) is 0 Å². The van der Waals surface area contributed by atoms with Crippen molar-refractivity contribution in [2.75, 3.05) is 20.2 Å². The summed E-state index contributed by atoms with van der Waals surface area (Å²) in [7, 11) is -2.58. The van der Waals surface area contributed by atoms with Crippen molar-refractivity contribution < 1.29 is 17.9 Å². The van der Waals surface area contributed by atoms with Crippen molar-refractivity contribution in [3.8, 4) is 0 Å². The molecule has 0 aromatic heterocycles. The number of hydrogen-bond acceptors (Lipinski definition) is 5.